The van der Waals surface area contributed by atoms with E-state index in [2.05, 4.69) is 96.2 Å². The Morgan fingerprint density at radius 1 is 0.825 bits per heavy atom. The second-order valence-corrected chi connectivity index (χ2v) is 14.4. The van der Waals surface area contributed by atoms with E-state index < -0.39 is 0 Å². The van der Waals surface area contributed by atoms with Crippen LogP contribution in [-0.2, 0) is 41.5 Å². The molecule has 0 saturated heterocycles. The molecular formula is C36H44Cl2OZr. The summed E-state index contributed by atoms with van der Waals surface area (Å²) in [6.07, 6.45) is 20.0. The summed E-state index contributed by atoms with van der Waals surface area (Å²) in [6.45, 7) is 13.6. The van der Waals surface area contributed by atoms with Gasteiger partial charge in [0.1, 0.15) is 0 Å². The van der Waals surface area contributed by atoms with Gasteiger partial charge in [-0.3, -0.25) is 0 Å². The molecule has 3 aliphatic carbocycles. The van der Waals surface area contributed by atoms with Crippen molar-refractivity contribution in [2.45, 2.75) is 97.3 Å². The van der Waals surface area contributed by atoms with E-state index in [4.69, 9.17) is 4.42 Å². The number of hydrogen-bond acceptors (Lipinski definition) is 1. The molecule has 1 saturated carbocycles. The molecule has 0 N–H and O–H groups in total. The van der Waals surface area contributed by atoms with Gasteiger partial charge in [0.2, 0.25) is 0 Å². The van der Waals surface area contributed by atoms with Gasteiger partial charge in [0.15, 0.2) is 0 Å². The second-order valence-electron chi connectivity index (χ2n) is 12.7. The van der Waals surface area contributed by atoms with E-state index in [1.54, 1.807) is 40.0 Å². The first kappa shape index (κ1) is 34.7. The fraction of sp³-hybridized carbons (Fsp3) is 0.417. The number of furan rings is 1. The van der Waals surface area contributed by atoms with E-state index >= 15 is 0 Å². The Balaban J connectivity index is 0.000000245. The molecule has 3 aliphatic rings. The normalized spacial score (nSPS) is 15.3. The van der Waals surface area contributed by atoms with Crippen LogP contribution in [0.25, 0.3) is 16.7 Å². The van der Waals surface area contributed by atoms with Crippen molar-refractivity contribution < 1.29 is 28.7 Å². The summed E-state index contributed by atoms with van der Waals surface area (Å²) in [5, 5.41) is 0. The quantitative estimate of drug-likeness (QED) is 0.186. The van der Waals surface area contributed by atoms with Crippen molar-refractivity contribution in [1.29, 1.82) is 0 Å². The summed E-state index contributed by atoms with van der Waals surface area (Å²) in [7, 11) is 0. The minimum absolute atomic E-state index is 0. The van der Waals surface area contributed by atoms with Crippen LogP contribution in [0.15, 0.2) is 65.5 Å². The Kier molecular flexibility index (Phi) is 13.1. The molecule has 1 fully saturated rings. The van der Waals surface area contributed by atoms with Crippen LogP contribution in [0.4, 0.5) is 0 Å². The molecule has 0 aliphatic heterocycles. The van der Waals surface area contributed by atoms with Crippen molar-refractivity contribution in [3.05, 3.63) is 101 Å². The van der Waals surface area contributed by atoms with Crippen LogP contribution in [0.5, 0.6) is 0 Å². The van der Waals surface area contributed by atoms with Crippen LogP contribution < -0.4 is 0 Å². The third kappa shape index (κ3) is 9.27. The molecule has 4 heteroatoms. The average Bonchev–Trinajstić information content (AvgIpc) is 3.64. The summed E-state index contributed by atoms with van der Waals surface area (Å²) in [6, 6.07) is 17.1. The van der Waals surface area contributed by atoms with Gasteiger partial charge in [0.05, 0.1) is 6.26 Å². The standard InChI is InChI=1S/C21H25.C9H7O.C6H10.2ClH.Zr/c1-20(2,3)16-7-9-18-14(12-16)11-15-13-17(21(4,5)6)8-10-19(15)18;1-2-4-8(3-1)9-5-6-10-7-9;1-2-4-6-5-3-1;;;/h7-10,12H,11H2,1-6H3;1,3,5-7H,2H2;1-5H2;2*1H;/q2*-1;;;;+2. The van der Waals surface area contributed by atoms with Crippen LogP contribution in [0.3, 0.4) is 0 Å². The number of benzene rings is 2. The van der Waals surface area contributed by atoms with Crippen LogP contribution in [0.1, 0.15) is 108 Å². The number of halogens is 2. The van der Waals surface area contributed by atoms with Gasteiger partial charge in [0.25, 0.3) is 0 Å². The Morgan fingerprint density at radius 3 is 2.05 bits per heavy atom. The fourth-order valence-corrected chi connectivity index (χ4v) is 5.90. The van der Waals surface area contributed by atoms with E-state index in [-0.39, 0.29) is 35.6 Å². The summed E-state index contributed by atoms with van der Waals surface area (Å²) >= 11 is 1.69. The molecule has 0 bridgehead atoms. The molecule has 2 aromatic carbocycles. The SMILES string of the molecule is CC(C)(C)c1[c-]c2c(cc1)-c1ccc(C(C)(C)C)cc1C2.Cl.Cl.[C-]1=C(c2ccoc2)C=CC1.[Zr+2]=[C]1CCCCC1. The molecule has 212 valence electrons. The van der Waals surface area contributed by atoms with Crippen LogP contribution in [0, 0.1) is 12.1 Å². The van der Waals surface area contributed by atoms with Gasteiger partial charge in [-0.2, -0.15) is 41.5 Å². The Morgan fingerprint density at radius 2 is 1.52 bits per heavy atom. The molecule has 0 atom stereocenters. The van der Waals surface area contributed by atoms with Gasteiger partial charge >= 0.3 is 59.5 Å². The van der Waals surface area contributed by atoms with Crippen LogP contribution in [0.2, 0.25) is 0 Å². The number of allylic oxidation sites excluding steroid dienone is 4. The monoisotopic (exact) mass is 652 g/mol. The molecule has 0 unspecified atom stereocenters. The van der Waals surface area contributed by atoms with Crippen molar-refractivity contribution in [2.24, 2.45) is 0 Å². The van der Waals surface area contributed by atoms with E-state index in [1.165, 1.54) is 65.5 Å². The average molecular weight is 655 g/mol. The van der Waals surface area contributed by atoms with Crippen molar-refractivity contribution in [3.63, 3.8) is 0 Å². The van der Waals surface area contributed by atoms with Gasteiger partial charge in [-0.25, -0.2) is 0 Å². The van der Waals surface area contributed by atoms with Gasteiger partial charge in [-0.15, -0.1) is 42.0 Å². The minimum atomic E-state index is 0. The molecular weight excluding hydrogens is 611 g/mol. The first-order chi connectivity index (χ1) is 18.0. The first-order valence-corrected chi connectivity index (χ1v) is 15.3. The van der Waals surface area contributed by atoms with Crippen molar-refractivity contribution in [3.8, 4) is 11.1 Å². The molecule has 1 nitrogen and oxygen atoms in total. The number of rotatable bonds is 1. The molecule has 1 heterocycles. The Bertz CT molecular complexity index is 1250. The predicted octanol–water partition coefficient (Wildman–Crippen LogP) is 10.6. The van der Waals surface area contributed by atoms with E-state index in [0.29, 0.717) is 0 Å². The van der Waals surface area contributed by atoms with Crippen molar-refractivity contribution in [2.75, 3.05) is 0 Å². The summed E-state index contributed by atoms with van der Waals surface area (Å²) in [4.78, 5) is 0. The molecule has 0 amide bonds. The third-order valence-electron chi connectivity index (χ3n) is 7.45. The van der Waals surface area contributed by atoms with Gasteiger partial charge < -0.3 is 4.42 Å². The summed E-state index contributed by atoms with van der Waals surface area (Å²) in [5.74, 6) is 0. The van der Waals surface area contributed by atoms with E-state index in [9.17, 15) is 0 Å². The zero-order chi connectivity index (χ0) is 27.3. The maximum absolute atomic E-state index is 4.93. The molecule has 0 spiro atoms. The molecule has 6 rings (SSSR count). The summed E-state index contributed by atoms with van der Waals surface area (Å²) in [5.41, 5.74) is 11.0. The maximum atomic E-state index is 4.93. The number of fused-ring (bicyclic) bond motifs is 3. The topological polar surface area (TPSA) is 13.1 Å². The Labute approximate surface area is 270 Å². The van der Waals surface area contributed by atoms with Crippen molar-refractivity contribution in [1.82, 2.24) is 0 Å². The van der Waals surface area contributed by atoms with Crippen molar-refractivity contribution >= 4 is 33.6 Å². The van der Waals surface area contributed by atoms with E-state index in [1.807, 2.05) is 6.07 Å². The van der Waals surface area contributed by atoms with Crippen LogP contribution in [-0.4, -0.2) is 3.21 Å². The zero-order valence-electron chi connectivity index (χ0n) is 24.9. The molecule has 0 radical (unpaired) electrons. The predicted molar refractivity (Wildman–Crippen MR) is 173 cm³/mol. The Hall–Kier alpha value is -1.47. The van der Waals surface area contributed by atoms with Gasteiger partial charge in [-0.1, -0.05) is 83.4 Å². The van der Waals surface area contributed by atoms with Gasteiger partial charge in [-0.05, 0) is 28.4 Å². The van der Waals surface area contributed by atoms with Crippen LogP contribution >= 0.6 is 24.8 Å². The first-order valence-electron chi connectivity index (χ1n) is 14.1. The molecule has 1 aromatic heterocycles. The molecule has 3 aromatic rings. The number of hydrogen-bond donors (Lipinski definition) is 0. The zero-order valence-corrected chi connectivity index (χ0v) is 29.0. The third-order valence-corrected chi connectivity index (χ3v) is 8.68. The van der Waals surface area contributed by atoms with Gasteiger partial charge in [0, 0.05) is 6.26 Å². The summed E-state index contributed by atoms with van der Waals surface area (Å²) < 4.78 is 6.74. The fourth-order valence-electron chi connectivity index (χ4n) is 5.03. The second kappa shape index (κ2) is 15.1. The van der Waals surface area contributed by atoms with E-state index in [0.717, 1.165) is 24.0 Å². The molecule has 40 heavy (non-hydrogen) atoms.